The molecule has 6 heteroatoms. The summed E-state index contributed by atoms with van der Waals surface area (Å²) in [5, 5.41) is 9.85. The summed E-state index contributed by atoms with van der Waals surface area (Å²) in [6.45, 7) is 0. The Morgan fingerprint density at radius 1 is 1.56 bits per heavy atom. The summed E-state index contributed by atoms with van der Waals surface area (Å²) in [6.07, 6.45) is 1.43. The van der Waals surface area contributed by atoms with Gasteiger partial charge in [-0.15, -0.1) is 0 Å². The van der Waals surface area contributed by atoms with Crippen molar-refractivity contribution in [3.63, 3.8) is 0 Å². The molecule has 9 heavy (non-hydrogen) atoms. The molecular weight excluding hydrogens is 191 g/mol. The second-order valence-electron chi connectivity index (χ2n) is 1.01. The third-order valence-electron chi connectivity index (χ3n) is 0.503. The predicted octanol–water partition coefficient (Wildman–Crippen LogP) is 1.24. The van der Waals surface area contributed by atoms with E-state index in [2.05, 4.69) is 40.6 Å². The molecular formula is C3H3ClCuN4. The molecule has 0 amide bonds. The van der Waals surface area contributed by atoms with E-state index in [-0.39, 0.29) is 5.82 Å². The maximum Gasteiger partial charge on any atom is 0.0494 e. The van der Waals surface area contributed by atoms with Gasteiger partial charge >= 0.3 is 25.2 Å². The summed E-state index contributed by atoms with van der Waals surface area (Å²) in [7, 11) is 4.20. The zero-order valence-corrected chi connectivity index (χ0v) is 5.87. The molecule has 0 saturated heterocycles. The molecule has 1 rings (SSSR count). The van der Waals surface area contributed by atoms with E-state index in [0.29, 0.717) is 0 Å². The normalized spacial score (nSPS) is 7.44. The summed E-state index contributed by atoms with van der Waals surface area (Å²) in [5.41, 5.74) is 6.78. The molecule has 1 aromatic heterocycles. The van der Waals surface area contributed by atoms with Gasteiger partial charge in [0.15, 0.2) is 0 Å². The number of halogens is 1. The van der Waals surface area contributed by atoms with Crippen molar-refractivity contribution in [1.29, 1.82) is 0 Å². The van der Waals surface area contributed by atoms with Crippen LogP contribution in [0, 0.1) is 0 Å². The van der Waals surface area contributed by atoms with Gasteiger partial charge in [0.05, 0.1) is 0 Å². The molecule has 0 aliphatic heterocycles. The Bertz CT molecular complexity index is 146. The number of nitrogens with zero attached hydrogens (tertiary/aromatic N) is 3. The zero-order valence-electron chi connectivity index (χ0n) is 4.18. The summed E-state index contributed by atoms with van der Waals surface area (Å²) in [5.74, 6) is 0.148. The Morgan fingerprint density at radius 2 is 2.22 bits per heavy atom. The van der Waals surface area contributed by atoms with Gasteiger partial charge in [0, 0.05) is 6.20 Å². The fraction of sp³-hybridized carbons (Fsp3) is 0. The van der Waals surface area contributed by atoms with E-state index < -0.39 is 0 Å². The second-order valence-corrected chi connectivity index (χ2v) is 1.01. The van der Waals surface area contributed by atoms with Gasteiger partial charge in [-0.25, -0.2) is 0 Å². The van der Waals surface area contributed by atoms with Crippen LogP contribution in [0.2, 0.25) is 0 Å². The van der Waals surface area contributed by atoms with Crippen LogP contribution in [0.3, 0.4) is 0 Å². The zero-order chi connectivity index (χ0) is 7.11. The summed E-state index contributed by atoms with van der Waals surface area (Å²) < 4.78 is 0. The maximum absolute atomic E-state index is 6.78. The van der Waals surface area contributed by atoms with Gasteiger partial charge in [-0.3, -0.25) is 0 Å². The molecule has 0 saturated carbocycles. The van der Waals surface area contributed by atoms with E-state index in [0.717, 1.165) is 0 Å². The van der Waals surface area contributed by atoms with Crippen molar-refractivity contribution < 1.29 is 15.1 Å². The van der Waals surface area contributed by atoms with E-state index in [4.69, 9.17) is 5.73 Å². The van der Waals surface area contributed by atoms with Crippen LogP contribution in [0.1, 0.15) is 0 Å². The monoisotopic (exact) mass is 193 g/mol. The average molecular weight is 194 g/mol. The van der Waals surface area contributed by atoms with Crippen molar-refractivity contribution >= 4 is 15.9 Å². The molecule has 0 spiro atoms. The third-order valence-corrected chi connectivity index (χ3v) is 0.503. The van der Waals surface area contributed by atoms with E-state index >= 15 is 0 Å². The van der Waals surface area contributed by atoms with Gasteiger partial charge in [-0.05, 0) is 11.9 Å². The third kappa shape index (κ3) is 4.14. The van der Waals surface area contributed by atoms with Crippen LogP contribution in [0.4, 0.5) is 5.82 Å². The van der Waals surface area contributed by atoms with E-state index in [1.807, 2.05) is 0 Å². The molecule has 0 atom stereocenters. The summed E-state index contributed by atoms with van der Waals surface area (Å²) >= 11 is 3.66. The van der Waals surface area contributed by atoms with Crippen LogP contribution in [0.5, 0.6) is 0 Å². The van der Waals surface area contributed by atoms with E-state index in [9.17, 15) is 0 Å². The summed E-state index contributed by atoms with van der Waals surface area (Å²) in [6, 6.07) is 1.47. The number of nitrogens with one attached hydrogen (secondary N) is 1. The molecule has 1 N–H and O–H groups in total. The summed E-state index contributed by atoms with van der Waals surface area (Å²) in [4.78, 5) is 0. The van der Waals surface area contributed by atoms with E-state index in [1.165, 1.54) is 12.3 Å². The minimum absolute atomic E-state index is 0.148. The van der Waals surface area contributed by atoms with E-state index in [1.54, 1.807) is 0 Å². The average Bonchev–Trinajstić information content (AvgIpc) is 1.94. The standard InChI is InChI=1S/C3H3N4.ClH.Cu/c4-3-1-2-5-7-6-3;;/h1-2H,(H-,4,5,6);1H;/q-1;;+2/p-1. The van der Waals surface area contributed by atoms with Crippen molar-refractivity contribution in [3.05, 3.63) is 18.0 Å². The predicted molar refractivity (Wildman–Crippen MR) is 29.7 cm³/mol. The van der Waals surface area contributed by atoms with Crippen molar-refractivity contribution in [2.24, 2.45) is 0 Å². The smallest absolute Gasteiger partial charge is 0.0494 e. The van der Waals surface area contributed by atoms with Gasteiger partial charge in [-0.2, -0.15) is 10.3 Å². The first-order valence-electron chi connectivity index (χ1n) is 1.87. The van der Waals surface area contributed by atoms with Crippen LogP contribution in [-0.2, 0) is 15.1 Å². The molecule has 1 aromatic rings. The largest absolute Gasteiger partial charge is 0.481 e. The SMILES string of the molecule is [Cl][Cu+].[NH-]c1ccnnn1. The van der Waals surface area contributed by atoms with Gasteiger partial charge in [0.1, 0.15) is 0 Å². The Labute approximate surface area is 64.8 Å². The number of hydrogen-bond donors (Lipinski definition) is 0. The minimum atomic E-state index is 0.148. The maximum atomic E-state index is 6.78. The molecule has 0 fully saturated rings. The first-order valence-corrected chi connectivity index (χ1v) is 3.16. The van der Waals surface area contributed by atoms with Crippen LogP contribution < -0.4 is 0 Å². The molecule has 1 heterocycles. The fourth-order valence-electron chi connectivity index (χ4n) is 0.241. The first kappa shape index (κ1) is 8.62. The van der Waals surface area contributed by atoms with Crippen molar-refractivity contribution in [1.82, 2.24) is 15.4 Å². The van der Waals surface area contributed by atoms with Crippen molar-refractivity contribution in [3.8, 4) is 0 Å². The van der Waals surface area contributed by atoms with Gasteiger partial charge < -0.3 is 10.8 Å². The van der Waals surface area contributed by atoms with Gasteiger partial charge in [0.25, 0.3) is 0 Å². The Balaban J connectivity index is 0.000000291. The topological polar surface area (TPSA) is 62.5 Å². The van der Waals surface area contributed by atoms with Gasteiger partial charge in [-0.1, -0.05) is 0 Å². The number of hydrogen-bond acceptors (Lipinski definition) is 3. The van der Waals surface area contributed by atoms with Crippen LogP contribution in [0.25, 0.3) is 5.73 Å². The number of rotatable bonds is 0. The van der Waals surface area contributed by atoms with Crippen LogP contribution >= 0.6 is 10.1 Å². The molecule has 0 radical (unpaired) electrons. The number of aromatic nitrogens is 3. The Kier molecular flexibility index (Phi) is 5.51. The molecule has 0 aromatic carbocycles. The van der Waals surface area contributed by atoms with Crippen LogP contribution in [0.15, 0.2) is 12.3 Å². The molecule has 4 nitrogen and oxygen atoms in total. The van der Waals surface area contributed by atoms with Gasteiger partial charge in [0.2, 0.25) is 0 Å². The second kappa shape index (κ2) is 5.75. The molecule has 0 bridgehead atoms. The quantitative estimate of drug-likeness (QED) is 0.583. The first-order chi connectivity index (χ1) is 4.39. The van der Waals surface area contributed by atoms with Crippen molar-refractivity contribution in [2.45, 2.75) is 0 Å². The molecule has 0 unspecified atom stereocenters. The molecule has 0 aliphatic rings. The Hall–Kier alpha value is -0.381. The molecule has 53 valence electrons. The minimum Gasteiger partial charge on any atom is -0.481 e. The Morgan fingerprint density at radius 3 is 2.44 bits per heavy atom. The van der Waals surface area contributed by atoms with Crippen LogP contribution in [-0.4, -0.2) is 15.4 Å². The van der Waals surface area contributed by atoms with Crippen molar-refractivity contribution in [2.75, 3.05) is 0 Å². The molecule has 0 aliphatic carbocycles. The fourth-order valence-corrected chi connectivity index (χ4v) is 0.241.